The Kier molecular flexibility index (Phi) is 4.43. The van der Waals surface area contributed by atoms with Gasteiger partial charge in [0.1, 0.15) is 18.1 Å². The van der Waals surface area contributed by atoms with Crippen molar-refractivity contribution in [1.82, 2.24) is 4.72 Å². The maximum atomic E-state index is 12.0. The van der Waals surface area contributed by atoms with Crippen LogP contribution in [0.4, 0.5) is 0 Å². The SMILES string of the molecule is COc1cccc(CNS(=O)(=O)c2ccc(CO)o2)c1. The third kappa shape index (κ3) is 3.38. The molecule has 0 unspecified atom stereocenters. The lowest BCUT2D eigenvalue weighted by Crippen LogP contribution is -2.22. The van der Waals surface area contributed by atoms with Crippen molar-refractivity contribution in [2.75, 3.05) is 7.11 Å². The molecule has 20 heavy (non-hydrogen) atoms. The van der Waals surface area contributed by atoms with Crippen molar-refractivity contribution >= 4 is 10.0 Å². The van der Waals surface area contributed by atoms with Crippen LogP contribution in [0.1, 0.15) is 11.3 Å². The fraction of sp³-hybridized carbons (Fsp3) is 0.231. The van der Waals surface area contributed by atoms with Crippen molar-refractivity contribution in [2.45, 2.75) is 18.2 Å². The molecule has 0 aliphatic carbocycles. The highest BCUT2D eigenvalue weighted by molar-refractivity contribution is 7.89. The molecule has 1 heterocycles. The van der Waals surface area contributed by atoms with Crippen LogP contribution in [-0.2, 0) is 23.2 Å². The minimum Gasteiger partial charge on any atom is -0.497 e. The molecule has 0 saturated carbocycles. The number of rotatable bonds is 6. The van der Waals surface area contributed by atoms with Gasteiger partial charge in [0.25, 0.3) is 10.0 Å². The van der Waals surface area contributed by atoms with Gasteiger partial charge in [-0.05, 0) is 29.8 Å². The van der Waals surface area contributed by atoms with Crippen molar-refractivity contribution in [3.8, 4) is 5.75 Å². The zero-order chi connectivity index (χ0) is 14.6. The molecule has 0 spiro atoms. The van der Waals surface area contributed by atoms with E-state index < -0.39 is 10.0 Å². The smallest absolute Gasteiger partial charge is 0.274 e. The van der Waals surface area contributed by atoms with Gasteiger partial charge < -0.3 is 14.3 Å². The largest absolute Gasteiger partial charge is 0.497 e. The molecule has 2 aromatic rings. The quantitative estimate of drug-likeness (QED) is 0.838. The molecule has 0 fully saturated rings. The van der Waals surface area contributed by atoms with Gasteiger partial charge in [0.05, 0.1) is 7.11 Å². The van der Waals surface area contributed by atoms with E-state index in [0.717, 1.165) is 5.56 Å². The number of hydrogen-bond acceptors (Lipinski definition) is 5. The second-order valence-corrected chi connectivity index (χ2v) is 5.75. The van der Waals surface area contributed by atoms with E-state index >= 15 is 0 Å². The lowest BCUT2D eigenvalue weighted by atomic mass is 10.2. The van der Waals surface area contributed by atoms with Crippen molar-refractivity contribution in [3.63, 3.8) is 0 Å². The van der Waals surface area contributed by atoms with Gasteiger partial charge in [-0.25, -0.2) is 13.1 Å². The lowest BCUT2D eigenvalue weighted by Gasteiger charge is -2.06. The first-order valence-electron chi connectivity index (χ1n) is 5.87. The van der Waals surface area contributed by atoms with Crippen LogP contribution in [0.5, 0.6) is 5.75 Å². The van der Waals surface area contributed by atoms with Crippen molar-refractivity contribution < 1.29 is 22.7 Å². The first-order valence-corrected chi connectivity index (χ1v) is 7.35. The minimum atomic E-state index is -3.74. The molecule has 0 aliphatic rings. The summed E-state index contributed by atoms with van der Waals surface area (Å²) in [5.74, 6) is 0.856. The van der Waals surface area contributed by atoms with Crippen LogP contribution in [-0.4, -0.2) is 20.6 Å². The van der Waals surface area contributed by atoms with Crippen LogP contribution in [0.15, 0.2) is 45.9 Å². The molecule has 108 valence electrons. The number of methoxy groups -OCH3 is 1. The summed E-state index contributed by atoms with van der Waals surface area (Å²) in [7, 11) is -2.19. The third-order valence-corrected chi connectivity index (χ3v) is 3.93. The summed E-state index contributed by atoms with van der Waals surface area (Å²) in [5.41, 5.74) is 0.766. The number of sulfonamides is 1. The molecule has 0 saturated heterocycles. The molecule has 1 aromatic heterocycles. The van der Waals surface area contributed by atoms with Crippen LogP contribution < -0.4 is 9.46 Å². The van der Waals surface area contributed by atoms with Crippen LogP contribution in [0.3, 0.4) is 0 Å². The van der Waals surface area contributed by atoms with E-state index in [1.807, 2.05) is 0 Å². The Morgan fingerprint density at radius 1 is 1.30 bits per heavy atom. The number of furan rings is 1. The molecule has 0 atom stereocenters. The highest BCUT2D eigenvalue weighted by atomic mass is 32.2. The number of aliphatic hydroxyl groups excluding tert-OH is 1. The number of hydrogen-bond donors (Lipinski definition) is 2. The second kappa shape index (κ2) is 6.08. The van der Waals surface area contributed by atoms with Gasteiger partial charge in [-0.2, -0.15) is 0 Å². The van der Waals surface area contributed by atoms with Gasteiger partial charge in [0.15, 0.2) is 0 Å². The van der Waals surface area contributed by atoms with E-state index in [4.69, 9.17) is 14.3 Å². The monoisotopic (exact) mass is 297 g/mol. The number of nitrogens with one attached hydrogen (secondary N) is 1. The Labute approximate surface area is 117 Å². The summed E-state index contributed by atoms with van der Waals surface area (Å²) in [5, 5.41) is 8.64. The molecule has 2 N–H and O–H groups in total. The van der Waals surface area contributed by atoms with Gasteiger partial charge in [-0.1, -0.05) is 12.1 Å². The van der Waals surface area contributed by atoms with E-state index in [0.29, 0.717) is 5.75 Å². The molecule has 2 rings (SSSR count). The second-order valence-electron chi connectivity index (χ2n) is 4.05. The zero-order valence-electron chi connectivity index (χ0n) is 10.9. The van der Waals surface area contributed by atoms with Gasteiger partial charge in [0.2, 0.25) is 5.09 Å². The van der Waals surface area contributed by atoms with Gasteiger partial charge in [0, 0.05) is 6.54 Å². The Balaban J connectivity index is 2.08. The third-order valence-electron chi connectivity index (χ3n) is 2.66. The van der Waals surface area contributed by atoms with Crippen molar-refractivity contribution in [2.24, 2.45) is 0 Å². The number of aliphatic hydroxyl groups is 1. The molecular weight excluding hydrogens is 282 g/mol. The minimum absolute atomic E-state index is 0.120. The standard InChI is InChI=1S/C13H15NO5S/c1-18-11-4-2-3-10(7-11)8-14-20(16,17)13-6-5-12(9-15)19-13/h2-7,14-15H,8-9H2,1H3. The summed E-state index contributed by atoms with van der Waals surface area (Å²) in [6.07, 6.45) is 0. The van der Waals surface area contributed by atoms with Crippen molar-refractivity contribution in [1.29, 1.82) is 0 Å². The van der Waals surface area contributed by atoms with E-state index in [1.54, 1.807) is 31.4 Å². The topological polar surface area (TPSA) is 88.8 Å². The Bertz CT molecular complexity index is 678. The Hall–Kier alpha value is -1.83. The molecule has 6 nitrogen and oxygen atoms in total. The summed E-state index contributed by atoms with van der Waals surface area (Å²) >= 11 is 0. The molecule has 0 bridgehead atoms. The van der Waals surface area contributed by atoms with E-state index in [2.05, 4.69) is 4.72 Å². The van der Waals surface area contributed by atoms with Crippen LogP contribution in [0.25, 0.3) is 0 Å². The molecule has 0 radical (unpaired) electrons. The summed E-state index contributed by atoms with van der Waals surface area (Å²) < 4.78 is 36.4. The molecule has 0 aliphatic heterocycles. The number of benzene rings is 1. The fourth-order valence-electron chi connectivity index (χ4n) is 1.62. The van der Waals surface area contributed by atoms with Gasteiger partial charge in [-0.15, -0.1) is 0 Å². The van der Waals surface area contributed by atoms with Gasteiger partial charge >= 0.3 is 0 Å². The first-order chi connectivity index (χ1) is 9.55. The average molecular weight is 297 g/mol. The fourth-order valence-corrected chi connectivity index (χ4v) is 2.58. The van der Waals surface area contributed by atoms with E-state index in [9.17, 15) is 8.42 Å². The molecule has 1 aromatic carbocycles. The number of ether oxygens (including phenoxy) is 1. The highest BCUT2D eigenvalue weighted by Crippen LogP contribution is 2.16. The van der Waals surface area contributed by atoms with Gasteiger partial charge in [-0.3, -0.25) is 0 Å². The molecular formula is C13H15NO5S. The average Bonchev–Trinajstić information content (AvgIpc) is 2.95. The Morgan fingerprint density at radius 3 is 2.75 bits per heavy atom. The Morgan fingerprint density at radius 2 is 2.10 bits per heavy atom. The van der Waals surface area contributed by atoms with Crippen molar-refractivity contribution in [3.05, 3.63) is 47.7 Å². The molecule has 0 amide bonds. The van der Waals surface area contributed by atoms with E-state index in [1.165, 1.54) is 12.1 Å². The maximum Gasteiger partial charge on any atom is 0.274 e. The maximum absolute atomic E-state index is 12.0. The first kappa shape index (κ1) is 14.6. The van der Waals surface area contributed by atoms with Crippen LogP contribution in [0, 0.1) is 0 Å². The highest BCUT2D eigenvalue weighted by Gasteiger charge is 2.18. The van der Waals surface area contributed by atoms with E-state index in [-0.39, 0.29) is 24.0 Å². The van der Waals surface area contributed by atoms with Crippen LogP contribution in [0.2, 0.25) is 0 Å². The normalized spacial score (nSPS) is 11.5. The predicted molar refractivity (Wildman–Crippen MR) is 71.7 cm³/mol. The summed E-state index contributed by atoms with van der Waals surface area (Å²) in [6, 6.07) is 9.80. The summed E-state index contributed by atoms with van der Waals surface area (Å²) in [4.78, 5) is 0. The molecule has 7 heteroatoms. The van der Waals surface area contributed by atoms with Crippen LogP contribution >= 0.6 is 0 Å². The summed E-state index contributed by atoms with van der Waals surface area (Å²) in [6.45, 7) is -0.222. The zero-order valence-corrected chi connectivity index (χ0v) is 11.7. The predicted octanol–water partition coefficient (Wildman–Crippen LogP) is 1.26. The lowest BCUT2D eigenvalue weighted by molar-refractivity contribution is 0.236.